The van der Waals surface area contributed by atoms with Crippen molar-refractivity contribution in [3.05, 3.63) is 76.7 Å². The Morgan fingerprint density at radius 1 is 1.17 bits per heavy atom. The number of thioether (sulfide) groups is 1. The van der Waals surface area contributed by atoms with Gasteiger partial charge in [0, 0.05) is 5.69 Å². The van der Waals surface area contributed by atoms with E-state index in [4.69, 9.17) is 17.3 Å². The lowest BCUT2D eigenvalue weighted by molar-refractivity contribution is -0.126. The van der Waals surface area contributed by atoms with Crippen molar-refractivity contribution >= 4 is 57.8 Å². The van der Waals surface area contributed by atoms with E-state index in [1.54, 1.807) is 12.2 Å². The third-order valence-corrected chi connectivity index (χ3v) is 5.42. The van der Waals surface area contributed by atoms with Gasteiger partial charge in [0.1, 0.15) is 22.2 Å². The number of aromatic carboxylic acids is 1. The molecular formula is C21H16N2O5S2. The van der Waals surface area contributed by atoms with Gasteiger partial charge in [-0.05, 0) is 29.8 Å². The topological polar surface area (TPSA) is 107 Å². The predicted molar refractivity (Wildman–Crippen MR) is 119 cm³/mol. The highest BCUT2D eigenvalue weighted by Crippen LogP contribution is 2.31. The van der Waals surface area contributed by atoms with Crippen molar-refractivity contribution in [1.29, 1.82) is 0 Å². The summed E-state index contributed by atoms with van der Waals surface area (Å²) >= 11 is 6.31. The minimum Gasteiger partial charge on any atom is -0.507 e. The zero-order chi connectivity index (χ0) is 21.7. The van der Waals surface area contributed by atoms with Gasteiger partial charge in [-0.2, -0.15) is 0 Å². The van der Waals surface area contributed by atoms with Crippen molar-refractivity contribution in [2.75, 3.05) is 11.9 Å². The van der Waals surface area contributed by atoms with E-state index in [9.17, 15) is 19.5 Å². The number of rotatable bonds is 6. The molecule has 1 fully saturated rings. The van der Waals surface area contributed by atoms with Gasteiger partial charge in [0.05, 0.1) is 4.91 Å². The van der Waals surface area contributed by atoms with Gasteiger partial charge in [-0.15, -0.1) is 0 Å². The highest BCUT2D eigenvalue weighted by Gasteiger charge is 2.33. The molecule has 1 aliphatic rings. The van der Waals surface area contributed by atoms with Crippen molar-refractivity contribution < 1.29 is 24.6 Å². The van der Waals surface area contributed by atoms with Crippen LogP contribution in [0, 0.1) is 0 Å². The van der Waals surface area contributed by atoms with Gasteiger partial charge in [-0.1, -0.05) is 66.5 Å². The molecule has 2 aromatic rings. The Morgan fingerprint density at radius 2 is 1.90 bits per heavy atom. The standard InChI is InChI=1S/C21H16N2O5S2/c24-16-10-9-14(11-15(16)20(27)28)22-18(25)12-23-19(26)17(30-21(23)29)8-4-7-13-5-2-1-3-6-13/h1-11,24H,12H2,(H,22,25)(H,27,28). The monoisotopic (exact) mass is 440 g/mol. The Kier molecular flexibility index (Phi) is 6.65. The summed E-state index contributed by atoms with van der Waals surface area (Å²) in [7, 11) is 0. The molecule has 1 saturated heterocycles. The Morgan fingerprint density at radius 3 is 2.60 bits per heavy atom. The number of anilines is 1. The smallest absolute Gasteiger partial charge is 0.339 e. The quantitative estimate of drug-likeness (QED) is 0.359. The predicted octanol–water partition coefficient (Wildman–Crippen LogP) is 3.49. The first-order chi connectivity index (χ1) is 14.3. The molecule has 0 aliphatic carbocycles. The van der Waals surface area contributed by atoms with E-state index in [1.807, 2.05) is 36.4 Å². The van der Waals surface area contributed by atoms with Crippen LogP contribution in [0.1, 0.15) is 15.9 Å². The number of hydrogen-bond acceptors (Lipinski definition) is 6. The van der Waals surface area contributed by atoms with Gasteiger partial charge in [0.15, 0.2) is 0 Å². The number of carboxylic acids is 1. The van der Waals surface area contributed by atoms with Crippen LogP contribution in [0.4, 0.5) is 5.69 Å². The summed E-state index contributed by atoms with van der Waals surface area (Å²) in [5.74, 6) is -2.66. The van der Waals surface area contributed by atoms with Gasteiger partial charge in [0.25, 0.3) is 5.91 Å². The first kappa shape index (κ1) is 21.3. The van der Waals surface area contributed by atoms with E-state index in [0.29, 0.717) is 4.91 Å². The van der Waals surface area contributed by atoms with Crippen LogP contribution < -0.4 is 5.32 Å². The number of nitrogens with one attached hydrogen (secondary N) is 1. The molecule has 3 rings (SSSR count). The molecule has 1 heterocycles. The normalized spacial score (nSPS) is 15.2. The van der Waals surface area contributed by atoms with Crippen molar-refractivity contribution in [1.82, 2.24) is 4.90 Å². The average Bonchev–Trinajstić information content (AvgIpc) is 2.97. The molecule has 2 aromatic carbocycles. The number of carbonyl (C=O) groups is 3. The maximum Gasteiger partial charge on any atom is 0.339 e. The number of aromatic hydroxyl groups is 1. The Balaban J connectivity index is 1.64. The van der Waals surface area contributed by atoms with Crippen molar-refractivity contribution in [3.63, 3.8) is 0 Å². The van der Waals surface area contributed by atoms with Crippen molar-refractivity contribution in [3.8, 4) is 5.75 Å². The molecule has 3 N–H and O–H groups in total. The molecule has 1 aliphatic heterocycles. The van der Waals surface area contributed by atoms with E-state index in [2.05, 4.69) is 5.32 Å². The van der Waals surface area contributed by atoms with Gasteiger partial charge in [-0.25, -0.2) is 4.79 Å². The van der Waals surface area contributed by atoms with E-state index >= 15 is 0 Å². The summed E-state index contributed by atoms with van der Waals surface area (Å²) in [6, 6.07) is 13.2. The lowest BCUT2D eigenvalue weighted by Crippen LogP contribution is -2.36. The molecule has 30 heavy (non-hydrogen) atoms. The van der Waals surface area contributed by atoms with E-state index in [1.165, 1.54) is 17.0 Å². The maximum atomic E-state index is 12.6. The Hall–Kier alpha value is -3.43. The van der Waals surface area contributed by atoms with Crippen LogP contribution in [0.25, 0.3) is 6.08 Å². The molecule has 0 aromatic heterocycles. The first-order valence-electron chi connectivity index (χ1n) is 8.68. The molecule has 0 atom stereocenters. The highest BCUT2D eigenvalue weighted by molar-refractivity contribution is 8.26. The molecule has 0 spiro atoms. The van der Waals surface area contributed by atoms with Crippen LogP contribution in [0.3, 0.4) is 0 Å². The molecule has 152 valence electrons. The van der Waals surface area contributed by atoms with Gasteiger partial charge in [-0.3, -0.25) is 14.5 Å². The lowest BCUT2D eigenvalue weighted by atomic mass is 10.2. The number of amides is 2. The van der Waals surface area contributed by atoms with E-state index in [0.717, 1.165) is 23.4 Å². The molecule has 2 amide bonds. The molecule has 0 unspecified atom stereocenters. The summed E-state index contributed by atoms with van der Waals surface area (Å²) < 4.78 is 0.256. The summed E-state index contributed by atoms with van der Waals surface area (Å²) in [5, 5.41) is 21.1. The number of carboxylic acid groups (broad SMARTS) is 1. The number of carbonyl (C=O) groups excluding carboxylic acids is 2. The van der Waals surface area contributed by atoms with Gasteiger partial charge >= 0.3 is 5.97 Å². The second kappa shape index (κ2) is 9.38. The van der Waals surface area contributed by atoms with Crippen molar-refractivity contribution in [2.24, 2.45) is 0 Å². The molecule has 7 nitrogen and oxygen atoms in total. The molecule has 0 bridgehead atoms. The average molecular weight is 441 g/mol. The Bertz CT molecular complexity index is 1080. The van der Waals surface area contributed by atoms with Crippen LogP contribution in [0.15, 0.2) is 65.6 Å². The van der Waals surface area contributed by atoms with Crippen LogP contribution in [0.2, 0.25) is 0 Å². The molecule has 0 saturated carbocycles. The van der Waals surface area contributed by atoms with Crippen LogP contribution >= 0.6 is 24.0 Å². The number of benzene rings is 2. The van der Waals surface area contributed by atoms with Crippen LogP contribution in [-0.2, 0) is 9.59 Å². The van der Waals surface area contributed by atoms with Crippen LogP contribution in [-0.4, -0.2) is 43.8 Å². The second-order valence-corrected chi connectivity index (χ2v) is 7.82. The minimum absolute atomic E-state index is 0.182. The fraction of sp³-hybridized carbons (Fsp3) is 0.0476. The molecular weight excluding hydrogens is 424 g/mol. The SMILES string of the molecule is O=C(CN1C(=O)C(=CC=Cc2ccccc2)SC1=S)Nc1ccc(O)c(C(=O)O)c1. The summed E-state index contributed by atoms with van der Waals surface area (Å²) in [6.07, 6.45) is 5.24. The summed E-state index contributed by atoms with van der Waals surface area (Å²) in [4.78, 5) is 37.5. The maximum absolute atomic E-state index is 12.6. The van der Waals surface area contributed by atoms with Gasteiger partial charge in [0.2, 0.25) is 5.91 Å². The summed E-state index contributed by atoms with van der Waals surface area (Å²) in [5.41, 5.74) is 0.826. The number of nitrogens with zero attached hydrogens (tertiary/aromatic N) is 1. The van der Waals surface area contributed by atoms with Crippen molar-refractivity contribution in [2.45, 2.75) is 0 Å². The third-order valence-electron chi connectivity index (χ3n) is 4.02. The number of phenols is 1. The lowest BCUT2D eigenvalue weighted by Gasteiger charge is -2.14. The Labute approximate surface area is 181 Å². The fourth-order valence-electron chi connectivity index (χ4n) is 2.59. The number of hydrogen-bond donors (Lipinski definition) is 3. The van der Waals surface area contributed by atoms with Crippen LogP contribution in [0.5, 0.6) is 5.75 Å². The zero-order valence-corrected chi connectivity index (χ0v) is 17.1. The fourth-order valence-corrected chi connectivity index (χ4v) is 3.80. The number of allylic oxidation sites excluding steroid dienone is 2. The largest absolute Gasteiger partial charge is 0.507 e. The minimum atomic E-state index is -1.32. The molecule has 0 radical (unpaired) electrons. The third kappa shape index (κ3) is 5.13. The summed E-state index contributed by atoms with van der Waals surface area (Å²) in [6.45, 7) is -0.312. The van der Waals surface area contributed by atoms with Gasteiger partial charge < -0.3 is 15.5 Å². The van der Waals surface area contributed by atoms with E-state index in [-0.39, 0.29) is 28.0 Å². The zero-order valence-electron chi connectivity index (χ0n) is 15.4. The highest BCUT2D eigenvalue weighted by atomic mass is 32.2. The number of thiocarbonyl (C=S) groups is 1. The van der Waals surface area contributed by atoms with E-state index < -0.39 is 17.6 Å². The molecule has 9 heteroatoms. The first-order valence-corrected chi connectivity index (χ1v) is 9.91. The second-order valence-electron chi connectivity index (χ2n) is 6.15.